The van der Waals surface area contributed by atoms with E-state index in [1.165, 1.54) is 32.4 Å². The molecule has 2 heterocycles. The Morgan fingerprint density at radius 1 is 1.17 bits per heavy atom. The van der Waals surface area contributed by atoms with E-state index in [9.17, 15) is 14.0 Å². The van der Waals surface area contributed by atoms with Crippen LogP contribution < -0.4 is 10.1 Å². The third kappa shape index (κ3) is 3.11. The van der Waals surface area contributed by atoms with Crippen LogP contribution in [0, 0.1) is 12.7 Å². The summed E-state index contributed by atoms with van der Waals surface area (Å²) in [6.07, 6.45) is 0. The highest BCUT2D eigenvalue weighted by molar-refractivity contribution is 6.31. The summed E-state index contributed by atoms with van der Waals surface area (Å²) in [6, 6.07) is 9.15. The molecule has 4 rings (SSSR count). The first-order chi connectivity index (χ1) is 14.3. The molecule has 3 aromatic rings. The van der Waals surface area contributed by atoms with Gasteiger partial charge in [-0.05, 0) is 42.8 Å². The van der Waals surface area contributed by atoms with E-state index >= 15 is 0 Å². The van der Waals surface area contributed by atoms with Crippen LogP contribution in [0.5, 0.6) is 5.75 Å². The van der Waals surface area contributed by atoms with Crippen LogP contribution in [0.1, 0.15) is 33.1 Å². The van der Waals surface area contributed by atoms with Crippen molar-refractivity contribution in [2.24, 2.45) is 0 Å². The molecule has 0 aliphatic carbocycles. The fraction of sp³-hybridized carbons (Fsp3) is 0.182. The quantitative estimate of drug-likeness (QED) is 0.592. The van der Waals surface area contributed by atoms with Crippen molar-refractivity contribution in [3.05, 3.63) is 69.6 Å². The molecule has 6 nitrogen and oxygen atoms in total. The van der Waals surface area contributed by atoms with Crippen molar-refractivity contribution in [1.29, 1.82) is 0 Å². The Balaban J connectivity index is 2.04. The SMILES string of the molecule is COC(=O)c1c(C)[nH]c(-c2ccc(F)cc2OC)c1[C@H]1C(=O)Nc2ccc(Cl)cc21. The minimum atomic E-state index is -0.817. The molecule has 0 radical (unpaired) electrons. The molecule has 1 aromatic heterocycles. The van der Waals surface area contributed by atoms with Gasteiger partial charge in [-0.1, -0.05) is 11.6 Å². The van der Waals surface area contributed by atoms with Crippen molar-refractivity contribution >= 4 is 29.2 Å². The van der Waals surface area contributed by atoms with Gasteiger partial charge in [-0.15, -0.1) is 0 Å². The van der Waals surface area contributed by atoms with Gasteiger partial charge in [0.15, 0.2) is 0 Å². The van der Waals surface area contributed by atoms with E-state index in [0.717, 1.165) is 0 Å². The summed E-state index contributed by atoms with van der Waals surface area (Å²) in [5.74, 6) is -1.92. The van der Waals surface area contributed by atoms with Gasteiger partial charge in [0.25, 0.3) is 0 Å². The normalized spacial score (nSPS) is 15.0. The first-order valence-electron chi connectivity index (χ1n) is 9.10. The van der Waals surface area contributed by atoms with Gasteiger partial charge in [0, 0.05) is 33.6 Å². The fourth-order valence-electron chi connectivity index (χ4n) is 3.90. The van der Waals surface area contributed by atoms with Gasteiger partial charge in [-0.2, -0.15) is 0 Å². The number of methoxy groups -OCH3 is 2. The number of carbonyl (C=O) groups is 2. The van der Waals surface area contributed by atoms with Gasteiger partial charge >= 0.3 is 5.97 Å². The number of benzene rings is 2. The lowest BCUT2D eigenvalue weighted by Crippen LogP contribution is -2.17. The maximum atomic E-state index is 13.8. The fourth-order valence-corrected chi connectivity index (χ4v) is 4.08. The molecule has 0 spiro atoms. The number of amides is 1. The zero-order chi connectivity index (χ0) is 21.6. The van der Waals surface area contributed by atoms with Crippen LogP contribution in [-0.2, 0) is 9.53 Å². The highest BCUT2D eigenvalue weighted by atomic mass is 35.5. The number of hydrogen-bond acceptors (Lipinski definition) is 4. The highest BCUT2D eigenvalue weighted by Gasteiger charge is 2.39. The van der Waals surface area contributed by atoms with Gasteiger partial charge in [-0.3, -0.25) is 4.79 Å². The predicted molar refractivity (Wildman–Crippen MR) is 111 cm³/mol. The number of hydrogen-bond donors (Lipinski definition) is 2. The van der Waals surface area contributed by atoms with Crippen LogP contribution >= 0.6 is 11.6 Å². The molecule has 8 heteroatoms. The first kappa shape index (κ1) is 20.0. The number of fused-ring (bicyclic) bond motifs is 1. The molecule has 2 N–H and O–H groups in total. The number of halogens is 2. The average Bonchev–Trinajstić information content (AvgIpc) is 3.22. The van der Waals surface area contributed by atoms with Crippen LogP contribution in [0.25, 0.3) is 11.3 Å². The Bertz CT molecular complexity index is 1190. The van der Waals surface area contributed by atoms with Crippen molar-refractivity contribution in [3.63, 3.8) is 0 Å². The van der Waals surface area contributed by atoms with Crippen molar-refractivity contribution < 1.29 is 23.5 Å². The molecule has 1 amide bonds. The molecule has 0 saturated heterocycles. The highest BCUT2D eigenvalue weighted by Crippen LogP contribution is 2.46. The summed E-state index contributed by atoms with van der Waals surface area (Å²) in [5, 5.41) is 3.29. The molecule has 2 aromatic carbocycles. The molecule has 1 aliphatic rings. The molecule has 0 unspecified atom stereocenters. The molecule has 154 valence electrons. The van der Waals surface area contributed by atoms with Crippen LogP contribution in [0.2, 0.25) is 5.02 Å². The number of rotatable bonds is 4. The lowest BCUT2D eigenvalue weighted by Gasteiger charge is -2.15. The minimum absolute atomic E-state index is 0.242. The summed E-state index contributed by atoms with van der Waals surface area (Å²) in [7, 11) is 2.70. The molecule has 0 bridgehead atoms. The molecular formula is C22H18ClFN2O4. The number of carbonyl (C=O) groups excluding carboxylic acids is 2. The number of aromatic amines is 1. The van der Waals surface area contributed by atoms with E-state index in [-0.39, 0.29) is 17.2 Å². The summed E-state index contributed by atoms with van der Waals surface area (Å²) in [6.45, 7) is 1.71. The van der Waals surface area contributed by atoms with Crippen molar-refractivity contribution in [3.8, 4) is 17.0 Å². The van der Waals surface area contributed by atoms with Crippen LogP contribution in [0.15, 0.2) is 36.4 Å². The van der Waals surface area contributed by atoms with Gasteiger partial charge in [0.2, 0.25) is 5.91 Å². The lowest BCUT2D eigenvalue weighted by atomic mass is 9.87. The van der Waals surface area contributed by atoms with Gasteiger partial charge in [0.1, 0.15) is 11.6 Å². The van der Waals surface area contributed by atoms with Gasteiger partial charge < -0.3 is 19.8 Å². The zero-order valence-electron chi connectivity index (χ0n) is 16.4. The number of ether oxygens (including phenoxy) is 2. The first-order valence-corrected chi connectivity index (χ1v) is 9.48. The number of aryl methyl sites for hydroxylation is 1. The second-order valence-electron chi connectivity index (χ2n) is 6.90. The zero-order valence-corrected chi connectivity index (χ0v) is 17.2. The van der Waals surface area contributed by atoms with E-state index in [0.29, 0.717) is 38.8 Å². The van der Waals surface area contributed by atoms with Gasteiger partial charge in [0.05, 0.1) is 31.4 Å². The number of nitrogens with one attached hydrogen (secondary N) is 2. The Labute approximate surface area is 177 Å². The number of H-pyrrole nitrogens is 1. The average molecular weight is 429 g/mol. The summed E-state index contributed by atoms with van der Waals surface area (Å²) in [4.78, 5) is 28.8. The van der Waals surface area contributed by atoms with Crippen molar-refractivity contribution in [2.75, 3.05) is 19.5 Å². The lowest BCUT2D eigenvalue weighted by molar-refractivity contribution is -0.116. The summed E-state index contributed by atoms with van der Waals surface area (Å²) < 4.78 is 24.1. The molecule has 0 fully saturated rings. The van der Waals surface area contributed by atoms with Crippen LogP contribution in [0.4, 0.5) is 10.1 Å². The Hall–Kier alpha value is -3.32. The largest absolute Gasteiger partial charge is 0.496 e. The monoisotopic (exact) mass is 428 g/mol. The molecule has 0 saturated carbocycles. The van der Waals surface area contributed by atoms with Crippen molar-refractivity contribution in [2.45, 2.75) is 12.8 Å². The van der Waals surface area contributed by atoms with E-state index < -0.39 is 17.7 Å². The second-order valence-corrected chi connectivity index (χ2v) is 7.34. The van der Waals surface area contributed by atoms with Crippen molar-refractivity contribution in [1.82, 2.24) is 4.98 Å². The number of aromatic nitrogens is 1. The standard InChI is InChI=1S/C22H18ClFN2O4/c1-10-17(22(28)30-3)19(18-14-8-11(23)4-7-15(14)26-21(18)27)20(25-10)13-6-5-12(24)9-16(13)29-2/h4-9,18,25H,1-3H3,(H,26,27)/t18-/m0/s1. The Morgan fingerprint density at radius 2 is 1.93 bits per heavy atom. The van der Waals surface area contributed by atoms with Crippen LogP contribution in [0.3, 0.4) is 0 Å². The molecular weight excluding hydrogens is 411 g/mol. The smallest absolute Gasteiger partial charge is 0.340 e. The third-order valence-electron chi connectivity index (χ3n) is 5.18. The predicted octanol–water partition coefficient (Wildman–Crippen LogP) is 4.66. The maximum Gasteiger partial charge on any atom is 0.340 e. The molecule has 30 heavy (non-hydrogen) atoms. The number of esters is 1. The third-order valence-corrected chi connectivity index (χ3v) is 5.42. The maximum absolute atomic E-state index is 13.8. The van der Waals surface area contributed by atoms with Gasteiger partial charge in [-0.25, -0.2) is 9.18 Å². The summed E-state index contributed by atoms with van der Waals surface area (Å²) in [5.41, 5.74) is 3.41. The molecule has 1 aliphatic heterocycles. The summed E-state index contributed by atoms with van der Waals surface area (Å²) >= 11 is 6.18. The Kier molecular flexibility index (Phi) is 4.99. The number of anilines is 1. The van der Waals surface area contributed by atoms with E-state index in [2.05, 4.69) is 10.3 Å². The van der Waals surface area contributed by atoms with E-state index in [1.54, 1.807) is 25.1 Å². The minimum Gasteiger partial charge on any atom is -0.496 e. The van der Waals surface area contributed by atoms with Crippen LogP contribution in [-0.4, -0.2) is 31.1 Å². The second kappa shape index (κ2) is 7.50. The van der Waals surface area contributed by atoms with E-state index in [1.807, 2.05) is 0 Å². The topological polar surface area (TPSA) is 80.4 Å². The Morgan fingerprint density at radius 3 is 2.63 bits per heavy atom. The van der Waals surface area contributed by atoms with E-state index in [4.69, 9.17) is 21.1 Å². The molecule has 1 atom stereocenters.